The number of rotatable bonds is 5. The third kappa shape index (κ3) is 2.17. The van der Waals surface area contributed by atoms with Gasteiger partial charge in [0.2, 0.25) is 0 Å². The van der Waals surface area contributed by atoms with Crippen molar-refractivity contribution in [3.8, 4) is 0 Å². The topological polar surface area (TPSA) is 0 Å². The fourth-order valence-corrected chi connectivity index (χ4v) is 4.25. The van der Waals surface area contributed by atoms with Crippen LogP contribution in [-0.4, -0.2) is 0 Å². The first-order chi connectivity index (χ1) is 7.40. The second kappa shape index (κ2) is 5.10. The molecule has 96 valence electrons. The van der Waals surface area contributed by atoms with E-state index in [9.17, 15) is 0 Å². The van der Waals surface area contributed by atoms with Gasteiger partial charge in [-0.2, -0.15) is 0 Å². The predicted octanol–water partition coefficient (Wildman–Crippen LogP) is 5.38. The first-order valence-electron chi connectivity index (χ1n) is 7.40. The van der Waals surface area contributed by atoms with Gasteiger partial charge in [-0.1, -0.05) is 67.7 Å². The third-order valence-electron chi connectivity index (χ3n) is 5.74. The van der Waals surface area contributed by atoms with Crippen molar-refractivity contribution in [1.82, 2.24) is 0 Å². The van der Waals surface area contributed by atoms with Gasteiger partial charge >= 0.3 is 0 Å². The molecular formula is C16H32. The summed E-state index contributed by atoms with van der Waals surface area (Å²) in [5, 5.41) is 0. The molecule has 1 saturated carbocycles. The maximum Gasteiger partial charge on any atom is -0.0301 e. The van der Waals surface area contributed by atoms with Crippen LogP contribution in [0.4, 0.5) is 0 Å². The van der Waals surface area contributed by atoms with Gasteiger partial charge in [-0.25, -0.2) is 0 Å². The van der Waals surface area contributed by atoms with Gasteiger partial charge in [-0.05, 0) is 35.0 Å². The van der Waals surface area contributed by atoms with Gasteiger partial charge in [0.15, 0.2) is 0 Å². The molecule has 0 heterocycles. The van der Waals surface area contributed by atoms with Crippen LogP contribution in [0.2, 0.25) is 0 Å². The smallest absolute Gasteiger partial charge is 0.0301 e. The molecule has 1 fully saturated rings. The molecule has 0 nitrogen and oxygen atoms in total. The summed E-state index contributed by atoms with van der Waals surface area (Å²) in [7, 11) is 0. The van der Waals surface area contributed by atoms with Crippen LogP contribution in [0.25, 0.3) is 0 Å². The van der Waals surface area contributed by atoms with Crippen molar-refractivity contribution in [3.63, 3.8) is 0 Å². The van der Waals surface area contributed by atoms with E-state index in [1.165, 1.54) is 19.3 Å². The number of hydrogen-bond acceptors (Lipinski definition) is 0. The largest absolute Gasteiger partial charge is 0.0651 e. The van der Waals surface area contributed by atoms with E-state index >= 15 is 0 Å². The Bertz CT molecular complexity index is 216. The maximum absolute atomic E-state index is 2.50. The Morgan fingerprint density at radius 1 is 1.12 bits per heavy atom. The van der Waals surface area contributed by atoms with Gasteiger partial charge < -0.3 is 0 Å². The molecule has 1 aliphatic rings. The lowest BCUT2D eigenvalue weighted by atomic mass is 9.45. The Hall–Kier alpha value is 0. The SMILES string of the molecule is CCC(C)C1C(CC)C(C)C1C(C)(C)CC. The van der Waals surface area contributed by atoms with Crippen LogP contribution in [0.1, 0.15) is 67.7 Å². The molecule has 5 unspecified atom stereocenters. The Labute approximate surface area is 103 Å². The van der Waals surface area contributed by atoms with Gasteiger partial charge in [0.05, 0.1) is 0 Å². The van der Waals surface area contributed by atoms with Crippen LogP contribution in [-0.2, 0) is 0 Å². The Morgan fingerprint density at radius 2 is 1.69 bits per heavy atom. The average Bonchev–Trinajstić information content (AvgIpc) is 2.25. The van der Waals surface area contributed by atoms with Crippen LogP contribution >= 0.6 is 0 Å². The summed E-state index contributed by atoms with van der Waals surface area (Å²) in [6.07, 6.45) is 4.06. The average molecular weight is 224 g/mol. The summed E-state index contributed by atoms with van der Waals surface area (Å²) in [5.74, 6) is 4.79. The molecule has 0 saturated heterocycles. The maximum atomic E-state index is 2.50. The lowest BCUT2D eigenvalue weighted by Crippen LogP contribution is -2.54. The lowest BCUT2D eigenvalue weighted by Gasteiger charge is -2.59. The van der Waals surface area contributed by atoms with E-state index in [4.69, 9.17) is 0 Å². The van der Waals surface area contributed by atoms with Crippen molar-refractivity contribution < 1.29 is 0 Å². The standard InChI is InChI=1S/C16H32/c1-8-11(4)14-13(9-2)12(5)15(14)16(6,7)10-3/h11-15H,8-10H2,1-7H3. The minimum Gasteiger partial charge on any atom is -0.0651 e. The van der Waals surface area contributed by atoms with E-state index in [0.29, 0.717) is 5.41 Å². The molecule has 1 aliphatic carbocycles. The summed E-state index contributed by atoms with van der Waals surface area (Å²) < 4.78 is 0. The highest BCUT2D eigenvalue weighted by molar-refractivity contribution is 5.01. The normalized spacial score (nSPS) is 36.9. The zero-order chi connectivity index (χ0) is 12.5. The van der Waals surface area contributed by atoms with Gasteiger partial charge in [0, 0.05) is 0 Å². The van der Waals surface area contributed by atoms with Crippen LogP contribution in [0, 0.1) is 35.0 Å². The second-order valence-corrected chi connectivity index (χ2v) is 6.76. The van der Waals surface area contributed by atoms with Crippen molar-refractivity contribution in [3.05, 3.63) is 0 Å². The van der Waals surface area contributed by atoms with Crippen LogP contribution in [0.5, 0.6) is 0 Å². The van der Waals surface area contributed by atoms with Crippen LogP contribution < -0.4 is 0 Å². The first-order valence-corrected chi connectivity index (χ1v) is 7.40. The molecule has 0 spiro atoms. The lowest BCUT2D eigenvalue weighted by molar-refractivity contribution is -0.114. The van der Waals surface area contributed by atoms with E-state index in [2.05, 4.69) is 48.5 Å². The van der Waals surface area contributed by atoms with Gasteiger partial charge in [-0.3, -0.25) is 0 Å². The fourth-order valence-electron chi connectivity index (χ4n) is 4.25. The Morgan fingerprint density at radius 3 is 2.06 bits per heavy atom. The highest BCUT2D eigenvalue weighted by Crippen LogP contribution is 2.59. The molecule has 0 radical (unpaired) electrons. The van der Waals surface area contributed by atoms with Crippen LogP contribution in [0.3, 0.4) is 0 Å². The minimum absolute atomic E-state index is 0.541. The van der Waals surface area contributed by atoms with Crippen molar-refractivity contribution in [2.45, 2.75) is 67.7 Å². The monoisotopic (exact) mass is 224 g/mol. The molecule has 0 bridgehead atoms. The summed E-state index contributed by atoms with van der Waals surface area (Å²) >= 11 is 0. The molecule has 0 aromatic rings. The van der Waals surface area contributed by atoms with Crippen molar-refractivity contribution >= 4 is 0 Å². The zero-order valence-electron chi connectivity index (χ0n) is 12.5. The summed E-state index contributed by atoms with van der Waals surface area (Å²) in [4.78, 5) is 0. The number of hydrogen-bond donors (Lipinski definition) is 0. The molecule has 0 amide bonds. The molecule has 0 heteroatoms. The second-order valence-electron chi connectivity index (χ2n) is 6.76. The molecular weight excluding hydrogens is 192 g/mol. The van der Waals surface area contributed by atoms with Crippen molar-refractivity contribution in [2.75, 3.05) is 0 Å². The molecule has 0 N–H and O–H groups in total. The molecule has 0 aliphatic heterocycles. The fraction of sp³-hybridized carbons (Fsp3) is 1.00. The molecule has 0 aromatic heterocycles. The van der Waals surface area contributed by atoms with E-state index < -0.39 is 0 Å². The minimum atomic E-state index is 0.541. The van der Waals surface area contributed by atoms with E-state index in [0.717, 1.165) is 29.6 Å². The Kier molecular flexibility index (Phi) is 4.49. The van der Waals surface area contributed by atoms with Gasteiger partial charge in [-0.15, -0.1) is 0 Å². The quantitative estimate of drug-likeness (QED) is 0.588. The Balaban J connectivity index is 2.84. The van der Waals surface area contributed by atoms with Gasteiger partial charge in [0.25, 0.3) is 0 Å². The van der Waals surface area contributed by atoms with E-state index in [-0.39, 0.29) is 0 Å². The summed E-state index contributed by atoms with van der Waals surface area (Å²) in [6.45, 7) is 17.0. The van der Waals surface area contributed by atoms with Gasteiger partial charge in [0.1, 0.15) is 0 Å². The van der Waals surface area contributed by atoms with Crippen molar-refractivity contribution in [1.29, 1.82) is 0 Å². The zero-order valence-corrected chi connectivity index (χ0v) is 12.5. The molecule has 1 rings (SSSR count). The highest BCUT2D eigenvalue weighted by Gasteiger charge is 2.53. The van der Waals surface area contributed by atoms with E-state index in [1.54, 1.807) is 0 Å². The highest BCUT2D eigenvalue weighted by atomic mass is 14.6. The molecule has 16 heavy (non-hydrogen) atoms. The molecule has 0 aromatic carbocycles. The van der Waals surface area contributed by atoms with Crippen LogP contribution in [0.15, 0.2) is 0 Å². The molecule has 5 atom stereocenters. The van der Waals surface area contributed by atoms with E-state index in [1.807, 2.05) is 0 Å². The summed E-state index contributed by atoms with van der Waals surface area (Å²) in [6, 6.07) is 0. The first kappa shape index (κ1) is 14.1. The van der Waals surface area contributed by atoms with Crippen molar-refractivity contribution in [2.24, 2.45) is 35.0 Å². The third-order valence-corrected chi connectivity index (χ3v) is 5.74. The summed E-state index contributed by atoms with van der Waals surface area (Å²) in [5.41, 5.74) is 0.541. The predicted molar refractivity (Wildman–Crippen MR) is 73.5 cm³/mol.